The van der Waals surface area contributed by atoms with E-state index in [1.807, 2.05) is 43.3 Å². The van der Waals surface area contributed by atoms with Crippen LogP contribution in [0.4, 0.5) is 5.69 Å². The number of sulfonamides is 1. The van der Waals surface area contributed by atoms with Gasteiger partial charge in [-0.15, -0.1) is 0 Å². The molecule has 26 heavy (non-hydrogen) atoms. The maximum absolute atomic E-state index is 12.2. The minimum absolute atomic E-state index is 0.195. The number of aryl methyl sites for hydroxylation is 1. The number of benzene rings is 2. The van der Waals surface area contributed by atoms with Crippen molar-refractivity contribution in [3.8, 4) is 5.75 Å². The smallest absolute Gasteiger partial charge is 0.239 e. The Kier molecular flexibility index (Phi) is 6.76. The van der Waals surface area contributed by atoms with Crippen LogP contribution in [0, 0.1) is 6.92 Å². The van der Waals surface area contributed by atoms with E-state index in [1.165, 1.54) is 4.31 Å². The lowest BCUT2D eigenvalue weighted by Crippen LogP contribution is -2.38. The van der Waals surface area contributed by atoms with Gasteiger partial charge in [-0.2, -0.15) is 4.31 Å². The molecule has 0 saturated carbocycles. The lowest BCUT2D eigenvalue weighted by atomic mass is 10.1. The molecule has 0 bridgehead atoms. The molecule has 0 unspecified atom stereocenters. The molecule has 0 saturated heterocycles. The van der Waals surface area contributed by atoms with Gasteiger partial charge in [0, 0.05) is 12.2 Å². The van der Waals surface area contributed by atoms with Crippen molar-refractivity contribution in [2.75, 3.05) is 31.8 Å². The molecule has 0 aliphatic heterocycles. The molecule has 2 rings (SSSR count). The van der Waals surface area contributed by atoms with Gasteiger partial charge in [-0.05, 0) is 37.1 Å². The third-order valence-electron chi connectivity index (χ3n) is 3.95. The summed E-state index contributed by atoms with van der Waals surface area (Å²) >= 11 is 0. The van der Waals surface area contributed by atoms with Gasteiger partial charge in [0.2, 0.25) is 15.9 Å². The van der Waals surface area contributed by atoms with E-state index in [1.54, 1.807) is 19.2 Å². The van der Waals surface area contributed by atoms with E-state index in [9.17, 15) is 13.2 Å². The number of amides is 1. The monoisotopic (exact) mass is 376 g/mol. The van der Waals surface area contributed by atoms with Gasteiger partial charge < -0.3 is 10.1 Å². The van der Waals surface area contributed by atoms with E-state index in [0.717, 1.165) is 17.4 Å². The Hall–Kier alpha value is -2.38. The van der Waals surface area contributed by atoms with Gasteiger partial charge in [0.25, 0.3) is 0 Å². The number of hydrogen-bond acceptors (Lipinski definition) is 4. The minimum atomic E-state index is -3.52. The molecule has 0 aromatic heterocycles. The maximum atomic E-state index is 12.2. The van der Waals surface area contributed by atoms with Gasteiger partial charge in [0.05, 0.1) is 19.9 Å². The van der Waals surface area contributed by atoms with E-state index in [2.05, 4.69) is 5.32 Å². The Balaban J connectivity index is 2.03. The van der Waals surface area contributed by atoms with Gasteiger partial charge in [-0.1, -0.05) is 35.9 Å². The lowest BCUT2D eigenvalue weighted by molar-refractivity contribution is -0.116. The predicted molar refractivity (Wildman–Crippen MR) is 103 cm³/mol. The summed E-state index contributed by atoms with van der Waals surface area (Å²) in [7, 11) is -1.95. The Labute approximate surface area is 154 Å². The first-order valence-corrected chi connectivity index (χ1v) is 10.1. The zero-order valence-electron chi connectivity index (χ0n) is 15.2. The molecule has 0 fully saturated rings. The first-order valence-electron chi connectivity index (χ1n) is 8.23. The standard InChI is InChI=1S/C19H24N2O4S/c1-15-8-10-17(11-9-15)20-19(22)14-21(26(3,23)24)13-12-16-6-4-5-7-18(16)25-2/h4-11H,12-14H2,1-3H3,(H,20,22). The molecule has 0 atom stereocenters. The van der Waals surface area contributed by atoms with Gasteiger partial charge in [-0.25, -0.2) is 8.42 Å². The number of nitrogens with one attached hydrogen (secondary N) is 1. The topological polar surface area (TPSA) is 75.7 Å². The van der Waals surface area contributed by atoms with Crippen molar-refractivity contribution >= 4 is 21.6 Å². The number of carbonyl (C=O) groups excluding carboxylic acids is 1. The van der Waals surface area contributed by atoms with E-state index in [-0.39, 0.29) is 19.0 Å². The van der Waals surface area contributed by atoms with E-state index in [0.29, 0.717) is 17.9 Å². The van der Waals surface area contributed by atoms with E-state index < -0.39 is 10.0 Å². The molecule has 1 amide bonds. The van der Waals surface area contributed by atoms with Crippen LogP contribution < -0.4 is 10.1 Å². The molecule has 2 aromatic carbocycles. The van der Waals surface area contributed by atoms with Gasteiger partial charge in [-0.3, -0.25) is 4.79 Å². The molecule has 2 aromatic rings. The molecule has 0 aliphatic carbocycles. The fourth-order valence-electron chi connectivity index (χ4n) is 2.51. The first kappa shape index (κ1) is 19.9. The van der Waals surface area contributed by atoms with Gasteiger partial charge in [0.15, 0.2) is 0 Å². The van der Waals surface area contributed by atoms with E-state index in [4.69, 9.17) is 4.74 Å². The summed E-state index contributed by atoms with van der Waals surface area (Å²) in [6, 6.07) is 14.8. The highest BCUT2D eigenvalue weighted by Gasteiger charge is 2.20. The molecule has 6 nitrogen and oxygen atoms in total. The van der Waals surface area contributed by atoms with Crippen molar-refractivity contribution in [1.82, 2.24) is 4.31 Å². The van der Waals surface area contributed by atoms with Crippen molar-refractivity contribution in [3.63, 3.8) is 0 Å². The summed E-state index contributed by atoms with van der Waals surface area (Å²) in [5.41, 5.74) is 2.61. The van der Waals surface area contributed by atoms with Crippen LogP contribution >= 0.6 is 0 Å². The number of carbonyl (C=O) groups is 1. The molecule has 0 spiro atoms. The maximum Gasteiger partial charge on any atom is 0.239 e. The highest BCUT2D eigenvalue weighted by molar-refractivity contribution is 7.88. The number of rotatable bonds is 8. The van der Waals surface area contributed by atoms with Gasteiger partial charge in [0.1, 0.15) is 5.75 Å². The average molecular weight is 376 g/mol. The number of ether oxygens (including phenoxy) is 1. The molecule has 1 N–H and O–H groups in total. The molecule has 0 aliphatic rings. The summed E-state index contributed by atoms with van der Waals surface area (Å²) in [6.07, 6.45) is 1.56. The Morgan fingerprint density at radius 3 is 2.38 bits per heavy atom. The summed E-state index contributed by atoms with van der Waals surface area (Å²) in [4.78, 5) is 12.2. The first-order chi connectivity index (χ1) is 12.3. The van der Waals surface area contributed by atoms with Crippen molar-refractivity contribution in [2.24, 2.45) is 0 Å². The normalized spacial score (nSPS) is 11.4. The lowest BCUT2D eigenvalue weighted by Gasteiger charge is -2.20. The quantitative estimate of drug-likeness (QED) is 0.768. The number of nitrogens with zero attached hydrogens (tertiary/aromatic N) is 1. The van der Waals surface area contributed by atoms with Crippen LogP contribution in [0.3, 0.4) is 0 Å². The van der Waals surface area contributed by atoms with Crippen LogP contribution in [0.25, 0.3) is 0 Å². The average Bonchev–Trinajstić information content (AvgIpc) is 2.60. The second-order valence-corrected chi connectivity index (χ2v) is 8.06. The highest BCUT2D eigenvalue weighted by Crippen LogP contribution is 2.18. The second-order valence-electron chi connectivity index (χ2n) is 6.07. The zero-order chi connectivity index (χ0) is 19.2. The SMILES string of the molecule is COc1ccccc1CCN(CC(=O)Nc1ccc(C)cc1)S(C)(=O)=O. The van der Waals surface area contributed by atoms with Crippen LogP contribution in [0.5, 0.6) is 5.75 Å². The minimum Gasteiger partial charge on any atom is -0.496 e. The molecule has 140 valence electrons. The second kappa shape index (κ2) is 8.82. The van der Waals surface area contributed by atoms with Crippen LogP contribution in [0.2, 0.25) is 0 Å². The molecule has 0 radical (unpaired) electrons. The fraction of sp³-hybridized carbons (Fsp3) is 0.316. The molecule has 0 heterocycles. The van der Waals surface area contributed by atoms with Crippen molar-refractivity contribution < 1.29 is 17.9 Å². The van der Waals surface area contributed by atoms with Crippen molar-refractivity contribution in [2.45, 2.75) is 13.3 Å². The van der Waals surface area contributed by atoms with Crippen LogP contribution in [-0.2, 0) is 21.2 Å². The molecular formula is C19H24N2O4S. The number of methoxy groups -OCH3 is 1. The Bertz CT molecular complexity index is 848. The fourth-order valence-corrected chi connectivity index (χ4v) is 3.29. The molecule has 7 heteroatoms. The van der Waals surface area contributed by atoms with Gasteiger partial charge >= 0.3 is 0 Å². The highest BCUT2D eigenvalue weighted by atomic mass is 32.2. The Morgan fingerprint density at radius 1 is 1.12 bits per heavy atom. The zero-order valence-corrected chi connectivity index (χ0v) is 16.0. The van der Waals surface area contributed by atoms with Crippen LogP contribution in [-0.4, -0.2) is 45.1 Å². The Morgan fingerprint density at radius 2 is 1.77 bits per heavy atom. The summed E-state index contributed by atoms with van der Waals surface area (Å²) in [5, 5.41) is 2.72. The van der Waals surface area contributed by atoms with Crippen LogP contribution in [0.1, 0.15) is 11.1 Å². The summed E-state index contributed by atoms with van der Waals surface area (Å²) in [5.74, 6) is 0.323. The third kappa shape index (κ3) is 5.86. The number of para-hydroxylation sites is 1. The van der Waals surface area contributed by atoms with Crippen LogP contribution in [0.15, 0.2) is 48.5 Å². The number of anilines is 1. The summed E-state index contributed by atoms with van der Waals surface area (Å²) < 4.78 is 30.6. The third-order valence-corrected chi connectivity index (χ3v) is 5.20. The van der Waals surface area contributed by atoms with Crippen molar-refractivity contribution in [3.05, 3.63) is 59.7 Å². The predicted octanol–water partition coefficient (Wildman–Crippen LogP) is 2.45. The van der Waals surface area contributed by atoms with E-state index >= 15 is 0 Å². The largest absolute Gasteiger partial charge is 0.496 e. The number of hydrogen-bond donors (Lipinski definition) is 1. The summed E-state index contributed by atoms with van der Waals surface area (Å²) in [6.45, 7) is 1.91. The molecular weight excluding hydrogens is 352 g/mol. The van der Waals surface area contributed by atoms with Crippen molar-refractivity contribution in [1.29, 1.82) is 0 Å².